The Bertz CT molecular complexity index is 1360. The molecule has 1 unspecified atom stereocenters. The molecule has 0 fully saturated rings. The molecule has 2 aromatic heterocycles. The minimum atomic E-state index is -4.70. The number of carbonyl (C=O) groups is 2. The van der Waals surface area contributed by atoms with Crippen LogP contribution >= 0.6 is 0 Å². The molecule has 0 bridgehead atoms. The Morgan fingerprint density at radius 1 is 1.08 bits per heavy atom. The largest absolute Gasteiger partial charge is 0.481 e. The van der Waals surface area contributed by atoms with E-state index in [2.05, 4.69) is 10.3 Å². The van der Waals surface area contributed by atoms with Crippen LogP contribution < -0.4 is 10.9 Å². The molecule has 3 aromatic rings. The van der Waals surface area contributed by atoms with E-state index in [1.54, 1.807) is 12.3 Å². The molecule has 0 saturated heterocycles. The van der Waals surface area contributed by atoms with Crippen LogP contribution in [0.3, 0.4) is 0 Å². The molecule has 7 nitrogen and oxygen atoms in total. The summed E-state index contributed by atoms with van der Waals surface area (Å²) in [7, 11) is 0. The van der Waals surface area contributed by atoms with Crippen LogP contribution in [-0.2, 0) is 15.8 Å². The summed E-state index contributed by atoms with van der Waals surface area (Å²) >= 11 is 0. The van der Waals surface area contributed by atoms with Crippen molar-refractivity contribution in [1.29, 1.82) is 0 Å². The van der Waals surface area contributed by atoms with Crippen molar-refractivity contribution >= 4 is 11.9 Å². The maximum Gasteiger partial charge on any atom is 0.416 e. The smallest absolute Gasteiger partial charge is 0.416 e. The van der Waals surface area contributed by atoms with Crippen LogP contribution in [0.1, 0.15) is 61.0 Å². The highest BCUT2D eigenvalue weighted by Gasteiger charge is 2.32. The van der Waals surface area contributed by atoms with Gasteiger partial charge >= 0.3 is 12.1 Å². The molecule has 1 aromatic carbocycles. The van der Waals surface area contributed by atoms with Gasteiger partial charge in [-0.05, 0) is 60.6 Å². The van der Waals surface area contributed by atoms with Gasteiger partial charge in [0.2, 0.25) is 5.91 Å². The molecular weight excluding hydrogens is 499 g/mol. The summed E-state index contributed by atoms with van der Waals surface area (Å²) in [4.78, 5) is 42.0. The van der Waals surface area contributed by atoms with E-state index in [4.69, 9.17) is 0 Å². The number of carboxylic acid groups (broad SMARTS) is 1. The van der Waals surface area contributed by atoms with Gasteiger partial charge < -0.3 is 15.0 Å². The quantitative estimate of drug-likeness (QED) is 0.383. The molecule has 2 heterocycles. The van der Waals surface area contributed by atoms with Crippen LogP contribution in [0.2, 0.25) is 0 Å². The third-order valence-electron chi connectivity index (χ3n) is 6.24. The third kappa shape index (κ3) is 6.87. The monoisotopic (exact) mass is 529 g/mol. The van der Waals surface area contributed by atoms with Gasteiger partial charge in [-0.3, -0.25) is 19.4 Å². The van der Waals surface area contributed by atoms with Gasteiger partial charge in [-0.2, -0.15) is 13.2 Å². The maximum atomic E-state index is 13.4. The molecule has 2 atom stereocenters. The average Bonchev–Trinajstić information content (AvgIpc) is 2.81. The lowest BCUT2D eigenvalue weighted by Crippen LogP contribution is -2.40. The number of hydrogen-bond donors (Lipinski definition) is 2. The van der Waals surface area contributed by atoms with E-state index < -0.39 is 47.7 Å². The summed E-state index contributed by atoms with van der Waals surface area (Å²) in [6.45, 7) is 7.51. The lowest BCUT2D eigenvalue weighted by atomic mass is 9.94. The Morgan fingerprint density at radius 2 is 1.74 bits per heavy atom. The first-order valence-electron chi connectivity index (χ1n) is 12.1. The number of pyridine rings is 2. The Balaban J connectivity index is 1.99. The molecule has 0 aliphatic rings. The number of amides is 1. The summed E-state index contributed by atoms with van der Waals surface area (Å²) in [5, 5.41) is 12.3. The molecule has 0 radical (unpaired) electrons. The van der Waals surface area contributed by atoms with Crippen LogP contribution in [0, 0.1) is 19.8 Å². The van der Waals surface area contributed by atoms with E-state index in [1.807, 2.05) is 45.9 Å². The Hall–Kier alpha value is -3.95. The van der Waals surface area contributed by atoms with Gasteiger partial charge in [0.15, 0.2) is 0 Å². The highest BCUT2D eigenvalue weighted by molar-refractivity contribution is 5.82. The number of aliphatic carboxylic acids is 1. The molecule has 10 heteroatoms. The zero-order chi connectivity index (χ0) is 28.2. The molecular formula is C28H30F3N3O4. The number of halogens is 3. The van der Waals surface area contributed by atoms with Crippen molar-refractivity contribution in [1.82, 2.24) is 14.9 Å². The van der Waals surface area contributed by atoms with Crippen LogP contribution in [0.25, 0.3) is 11.1 Å². The van der Waals surface area contributed by atoms with Crippen molar-refractivity contribution in [3.8, 4) is 11.1 Å². The van der Waals surface area contributed by atoms with Crippen molar-refractivity contribution in [2.45, 2.75) is 58.8 Å². The lowest BCUT2D eigenvalue weighted by Gasteiger charge is -2.25. The normalized spacial score (nSPS) is 13.3. The van der Waals surface area contributed by atoms with Crippen molar-refractivity contribution in [3.05, 3.63) is 87.6 Å². The van der Waals surface area contributed by atoms with E-state index in [9.17, 15) is 32.7 Å². The SMILES string of the molecule is Cc1cccc(C)c1-c1cncc([C@H](CC(=O)O)NC(=O)C(CC(C)C)n2ccc(C(F)(F)F)cc2=O)c1. The number of alkyl halides is 3. The van der Waals surface area contributed by atoms with Crippen LogP contribution in [0.5, 0.6) is 0 Å². The standard InChI is InChI=1S/C28H30F3N3O4/c1-16(2)10-23(34-9-8-21(12-24(34)35)28(29,30)31)27(38)33-22(13-25(36)37)19-11-20(15-32-14-19)26-17(3)6-5-7-18(26)4/h5-9,11-12,14-16,22-23H,10,13H2,1-4H3,(H,33,38)(H,36,37)/t22-,23?/m0/s1. The molecule has 202 valence electrons. The Morgan fingerprint density at radius 3 is 2.29 bits per heavy atom. The number of aryl methyl sites for hydroxylation is 2. The first-order valence-corrected chi connectivity index (χ1v) is 12.1. The predicted octanol–water partition coefficient (Wildman–Crippen LogP) is 5.47. The van der Waals surface area contributed by atoms with Crippen molar-refractivity contribution in [3.63, 3.8) is 0 Å². The highest BCUT2D eigenvalue weighted by Crippen LogP contribution is 2.30. The number of hydrogen-bond acceptors (Lipinski definition) is 4. The number of nitrogens with one attached hydrogen (secondary N) is 1. The zero-order valence-corrected chi connectivity index (χ0v) is 21.5. The summed E-state index contributed by atoms with van der Waals surface area (Å²) < 4.78 is 40.2. The predicted molar refractivity (Wildman–Crippen MR) is 136 cm³/mol. The summed E-state index contributed by atoms with van der Waals surface area (Å²) in [6.07, 6.45) is -0.937. The first-order chi connectivity index (χ1) is 17.8. The van der Waals surface area contributed by atoms with Crippen molar-refractivity contribution in [2.24, 2.45) is 5.92 Å². The summed E-state index contributed by atoms with van der Waals surface area (Å²) in [5.74, 6) is -1.93. The van der Waals surface area contributed by atoms with Crippen molar-refractivity contribution in [2.75, 3.05) is 0 Å². The number of carbonyl (C=O) groups excluding carboxylic acids is 1. The fourth-order valence-electron chi connectivity index (χ4n) is 4.47. The van der Waals surface area contributed by atoms with E-state index in [-0.39, 0.29) is 12.3 Å². The minimum Gasteiger partial charge on any atom is -0.481 e. The first kappa shape index (κ1) is 28.6. The summed E-state index contributed by atoms with van der Waals surface area (Å²) in [6, 6.07) is 6.65. The third-order valence-corrected chi connectivity index (χ3v) is 6.24. The molecule has 0 spiro atoms. The second-order valence-electron chi connectivity index (χ2n) is 9.74. The molecule has 2 N–H and O–H groups in total. The van der Waals surface area contributed by atoms with E-state index in [0.29, 0.717) is 11.6 Å². The van der Waals surface area contributed by atoms with Gasteiger partial charge in [-0.15, -0.1) is 0 Å². The van der Waals surface area contributed by atoms with Gasteiger partial charge in [0.05, 0.1) is 18.0 Å². The zero-order valence-electron chi connectivity index (χ0n) is 21.5. The maximum absolute atomic E-state index is 13.4. The lowest BCUT2D eigenvalue weighted by molar-refractivity contribution is -0.138. The number of aromatic nitrogens is 2. The molecule has 38 heavy (non-hydrogen) atoms. The molecule has 1 amide bonds. The summed E-state index contributed by atoms with van der Waals surface area (Å²) in [5.41, 5.74) is 2.05. The molecule has 0 aliphatic heterocycles. The number of rotatable bonds is 9. The van der Waals surface area contributed by atoms with Crippen molar-refractivity contribution < 1.29 is 27.9 Å². The molecule has 0 aliphatic carbocycles. The van der Waals surface area contributed by atoms with Gasteiger partial charge in [0, 0.05) is 30.2 Å². The van der Waals surface area contributed by atoms with Crippen LogP contribution in [-0.4, -0.2) is 26.5 Å². The fraction of sp³-hybridized carbons (Fsp3) is 0.357. The molecule has 3 rings (SSSR count). The second-order valence-corrected chi connectivity index (χ2v) is 9.74. The fourth-order valence-corrected chi connectivity index (χ4v) is 4.47. The number of benzene rings is 1. The highest BCUT2D eigenvalue weighted by atomic mass is 19.4. The van der Waals surface area contributed by atoms with Gasteiger partial charge in [0.1, 0.15) is 6.04 Å². The van der Waals surface area contributed by atoms with E-state index in [0.717, 1.165) is 39.1 Å². The topological polar surface area (TPSA) is 101 Å². The second kappa shape index (κ2) is 11.6. The molecule has 0 saturated carbocycles. The Kier molecular flexibility index (Phi) is 8.75. The van der Waals surface area contributed by atoms with Crippen LogP contribution in [0.15, 0.2) is 59.8 Å². The number of nitrogens with zero attached hydrogens (tertiary/aromatic N) is 2. The van der Waals surface area contributed by atoms with E-state index in [1.165, 1.54) is 6.20 Å². The van der Waals surface area contributed by atoms with Gasteiger partial charge in [-0.25, -0.2) is 0 Å². The van der Waals surface area contributed by atoms with Gasteiger partial charge in [0.25, 0.3) is 5.56 Å². The minimum absolute atomic E-state index is 0.0908. The number of carboxylic acids is 1. The van der Waals surface area contributed by atoms with Crippen LogP contribution in [0.4, 0.5) is 13.2 Å². The van der Waals surface area contributed by atoms with E-state index >= 15 is 0 Å². The van der Waals surface area contributed by atoms with Gasteiger partial charge in [-0.1, -0.05) is 32.0 Å². The average molecular weight is 530 g/mol. The Labute approximate surface area is 218 Å².